The summed E-state index contributed by atoms with van der Waals surface area (Å²) in [6.07, 6.45) is 2.64. The van der Waals surface area contributed by atoms with Crippen LogP contribution in [-0.2, 0) is 6.54 Å². The molecule has 2 aliphatic rings. The summed E-state index contributed by atoms with van der Waals surface area (Å²) in [6, 6.07) is 3.33. The van der Waals surface area contributed by atoms with E-state index in [1.807, 2.05) is 4.90 Å². The number of fused-ring (bicyclic) bond motifs is 2. The largest absolute Gasteiger partial charge is 0.491 e. The van der Waals surface area contributed by atoms with Gasteiger partial charge >= 0.3 is 0 Å². The highest BCUT2D eigenvalue weighted by atomic mass is 19.3. The third-order valence-corrected chi connectivity index (χ3v) is 8.21. The second-order valence-electron chi connectivity index (χ2n) is 10.6. The summed E-state index contributed by atoms with van der Waals surface area (Å²) in [5.41, 5.74) is 13.5. The van der Waals surface area contributed by atoms with Crippen molar-refractivity contribution < 1.29 is 27.4 Å². The van der Waals surface area contributed by atoms with E-state index >= 15 is 0 Å². The summed E-state index contributed by atoms with van der Waals surface area (Å²) in [6.45, 7) is 0.667. The Bertz CT molecular complexity index is 1610. The molecule has 4 aromatic rings. The summed E-state index contributed by atoms with van der Waals surface area (Å²) in [4.78, 5) is 19.0. The second kappa shape index (κ2) is 9.80. The first-order valence-corrected chi connectivity index (χ1v) is 13.1. The number of imidazole rings is 1. The highest BCUT2D eigenvalue weighted by Crippen LogP contribution is 2.46. The highest BCUT2D eigenvalue weighted by Gasteiger charge is 2.60. The van der Waals surface area contributed by atoms with Crippen LogP contribution in [0.15, 0.2) is 37.1 Å². The molecular formula is C27H28F4N8O2. The number of pyridine rings is 1. The third kappa shape index (κ3) is 4.41. The fourth-order valence-corrected chi connectivity index (χ4v) is 6.19. The fraction of sp³-hybridized carbons (Fsp3) is 0.407. The molecule has 1 aliphatic carbocycles. The Labute approximate surface area is 232 Å². The number of benzene rings is 1. The van der Waals surface area contributed by atoms with Crippen molar-refractivity contribution >= 4 is 22.7 Å². The molecule has 1 aliphatic heterocycles. The predicted molar refractivity (Wildman–Crippen MR) is 142 cm³/mol. The average molecular weight is 573 g/mol. The van der Waals surface area contributed by atoms with Crippen LogP contribution in [0.5, 0.6) is 5.75 Å². The SMILES string of the molecule is COc1c(F)cc(-c2cc(Cn3cnc4c(N)ncnc43)c(N3CCC[C@@]4(N)C3CCC(F)(F)[C@@H]4O)cn2)cc1F. The number of nitrogens with two attached hydrogens (primary N) is 2. The number of hydrogen-bond acceptors (Lipinski definition) is 9. The van der Waals surface area contributed by atoms with Gasteiger partial charge in [-0.2, -0.15) is 0 Å². The molecule has 5 N–H and O–H groups in total. The molecule has 4 heterocycles. The summed E-state index contributed by atoms with van der Waals surface area (Å²) < 4.78 is 64.8. The predicted octanol–water partition coefficient (Wildman–Crippen LogP) is 3.26. The number of aliphatic hydroxyl groups is 1. The van der Waals surface area contributed by atoms with Gasteiger partial charge in [-0.3, -0.25) is 4.98 Å². The molecule has 0 radical (unpaired) electrons. The van der Waals surface area contributed by atoms with Crippen molar-refractivity contribution in [2.75, 3.05) is 24.3 Å². The number of piperidine rings is 1. The van der Waals surface area contributed by atoms with Gasteiger partial charge in [-0.25, -0.2) is 32.5 Å². The van der Waals surface area contributed by atoms with Gasteiger partial charge in [0, 0.05) is 24.6 Å². The molecular weight excluding hydrogens is 544 g/mol. The number of nitrogen functional groups attached to an aromatic ring is 1. The molecule has 0 bridgehead atoms. The van der Waals surface area contributed by atoms with Crippen molar-refractivity contribution in [3.05, 3.63) is 54.2 Å². The number of halogens is 4. The van der Waals surface area contributed by atoms with E-state index in [0.717, 1.165) is 12.1 Å². The van der Waals surface area contributed by atoms with E-state index in [0.29, 0.717) is 35.4 Å². The van der Waals surface area contributed by atoms with E-state index in [4.69, 9.17) is 16.2 Å². The normalized spacial score (nSPS) is 23.9. The van der Waals surface area contributed by atoms with Gasteiger partial charge in [0.1, 0.15) is 17.9 Å². The minimum atomic E-state index is -3.29. The standard InChI is InChI=1S/C27H28F4N8O2/c1-41-22-16(28)7-14(8-17(22)29)18-9-15(11-38-13-37-21-23(32)35-12-36-24(21)38)19(10-34-18)39-6-2-4-26(33)20(39)3-5-27(30,31)25(26)40/h7-10,12-13,20,25,40H,2-6,11,33H2,1H3,(H2,32,35,36)/t20?,25-,26-/m1/s1. The first-order valence-electron chi connectivity index (χ1n) is 13.1. The summed E-state index contributed by atoms with van der Waals surface area (Å²) >= 11 is 0. The zero-order chi connectivity index (χ0) is 29.1. The number of rotatable bonds is 5. The molecule has 6 rings (SSSR count). The van der Waals surface area contributed by atoms with Crippen molar-refractivity contribution in [3.63, 3.8) is 0 Å². The Morgan fingerprint density at radius 2 is 1.85 bits per heavy atom. The molecule has 41 heavy (non-hydrogen) atoms. The first-order chi connectivity index (χ1) is 19.5. The molecule has 1 saturated heterocycles. The number of methoxy groups -OCH3 is 1. The molecule has 2 fully saturated rings. The zero-order valence-corrected chi connectivity index (χ0v) is 22.1. The maximum Gasteiger partial charge on any atom is 0.275 e. The minimum absolute atomic E-state index is 0.0639. The van der Waals surface area contributed by atoms with Crippen LogP contribution in [0.3, 0.4) is 0 Å². The van der Waals surface area contributed by atoms with Crippen molar-refractivity contribution in [2.24, 2.45) is 5.73 Å². The van der Waals surface area contributed by atoms with Crippen LogP contribution in [0, 0.1) is 11.6 Å². The fourth-order valence-electron chi connectivity index (χ4n) is 6.19. The van der Waals surface area contributed by atoms with Crippen molar-refractivity contribution in [1.82, 2.24) is 24.5 Å². The quantitative estimate of drug-likeness (QED) is 0.307. The maximum absolute atomic E-state index is 14.6. The van der Waals surface area contributed by atoms with E-state index in [1.54, 1.807) is 17.0 Å². The smallest absolute Gasteiger partial charge is 0.275 e. The van der Waals surface area contributed by atoms with Crippen LogP contribution < -0.4 is 21.1 Å². The van der Waals surface area contributed by atoms with Crippen LogP contribution in [0.25, 0.3) is 22.4 Å². The number of nitrogens with zero attached hydrogens (tertiary/aromatic N) is 6. The van der Waals surface area contributed by atoms with Crippen molar-refractivity contribution in [1.29, 1.82) is 0 Å². The van der Waals surface area contributed by atoms with Gasteiger partial charge in [0.05, 0.1) is 43.1 Å². The number of aliphatic hydroxyl groups excluding tert-OH is 1. The number of anilines is 2. The average Bonchev–Trinajstić information content (AvgIpc) is 3.35. The van der Waals surface area contributed by atoms with Gasteiger partial charge in [-0.1, -0.05) is 0 Å². The molecule has 0 amide bonds. The number of ether oxygens (including phenoxy) is 1. The Hall–Kier alpha value is -4.04. The van der Waals surface area contributed by atoms with Crippen molar-refractivity contribution in [2.45, 2.75) is 55.8 Å². The van der Waals surface area contributed by atoms with Gasteiger partial charge in [-0.05, 0) is 43.0 Å². The third-order valence-electron chi connectivity index (χ3n) is 8.21. The van der Waals surface area contributed by atoms with Gasteiger partial charge in [-0.15, -0.1) is 0 Å². The Balaban J connectivity index is 1.47. The molecule has 1 saturated carbocycles. The lowest BCUT2D eigenvalue weighted by Gasteiger charge is -2.55. The van der Waals surface area contributed by atoms with E-state index in [9.17, 15) is 22.7 Å². The molecule has 1 aromatic carbocycles. The van der Waals surface area contributed by atoms with Gasteiger partial charge in [0.15, 0.2) is 28.8 Å². The molecule has 3 aromatic heterocycles. The van der Waals surface area contributed by atoms with E-state index in [2.05, 4.69) is 19.9 Å². The molecule has 3 atom stereocenters. The molecule has 216 valence electrons. The van der Waals surface area contributed by atoms with Gasteiger partial charge < -0.3 is 30.8 Å². The lowest BCUT2D eigenvalue weighted by molar-refractivity contribution is -0.172. The topological polar surface area (TPSA) is 141 Å². The van der Waals surface area contributed by atoms with Crippen LogP contribution in [-0.4, -0.2) is 66.9 Å². The Kier molecular flexibility index (Phi) is 6.49. The number of hydrogen-bond donors (Lipinski definition) is 3. The monoisotopic (exact) mass is 572 g/mol. The lowest BCUT2D eigenvalue weighted by atomic mass is 9.68. The lowest BCUT2D eigenvalue weighted by Crippen LogP contribution is -2.74. The van der Waals surface area contributed by atoms with Gasteiger partial charge in [0.2, 0.25) is 0 Å². The summed E-state index contributed by atoms with van der Waals surface area (Å²) in [5.74, 6) is -5.37. The Morgan fingerprint density at radius 3 is 2.59 bits per heavy atom. The van der Waals surface area contributed by atoms with E-state index in [-0.39, 0.29) is 36.5 Å². The number of alkyl halides is 2. The number of aromatic nitrogens is 5. The Morgan fingerprint density at radius 1 is 1.10 bits per heavy atom. The van der Waals surface area contributed by atoms with Gasteiger partial charge in [0.25, 0.3) is 5.92 Å². The molecule has 14 heteroatoms. The van der Waals surface area contributed by atoms with Crippen LogP contribution in [0.2, 0.25) is 0 Å². The first kappa shape index (κ1) is 27.1. The van der Waals surface area contributed by atoms with E-state index < -0.39 is 47.4 Å². The molecule has 10 nitrogen and oxygen atoms in total. The van der Waals surface area contributed by atoms with Crippen LogP contribution >= 0.6 is 0 Å². The molecule has 1 unspecified atom stereocenters. The minimum Gasteiger partial charge on any atom is -0.491 e. The summed E-state index contributed by atoms with van der Waals surface area (Å²) in [7, 11) is 1.17. The van der Waals surface area contributed by atoms with Crippen molar-refractivity contribution in [3.8, 4) is 17.0 Å². The second-order valence-corrected chi connectivity index (χ2v) is 10.6. The summed E-state index contributed by atoms with van der Waals surface area (Å²) in [5, 5.41) is 10.6. The van der Waals surface area contributed by atoms with E-state index in [1.165, 1.54) is 19.6 Å². The maximum atomic E-state index is 14.6. The highest BCUT2D eigenvalue weighted by molar-refractivity contribution is 5.81. The molecule has 0 spiro atoms. The van der Waals surface area contributed by atoms with Crippen LogP contribution in [0.1, 0.15) is 31.2 Å². The van der Waals surface area contributed by atoms with Crippen LogP contribution in [0.4, 0.5) is 29.1 Å². The zero-order valence-electron chi connectivity index (χ0n) is 22.1.